The number of para-hydroxylation sites is 2. The highest BCUT2D eigenvalue weighted by molar-refractivity contribution is 5.79. The van der Waals surface area contributed by atoms with E-state index in [0.29, 0.717) is 13.2 Å². The Hall–Kier alpha value is -4.74. The van der Waals surface area contributed by atoms with Crippen LogP contribution < -0.4 is 9.47 Å². The fraction of sp³-hybridized carbons (Fsp3) is 0.211. The second-order valence-corrected chi connectivity index (χ2v) is 11.4. The molecule has 5 nitrogen and oxygen atoms in total. The minimum absolute atomic E-state index is 0.171. The third-order valence-electron chi connectivity index (χ3n) is 8.71. The minimum Gasteiger partial charge on any atom is -0.487 e. The number of rotatable bonds is 8. The van der Waals surface area contributed by atoms with Crippen LogP contribution in [0.1, 0.15) is 48.2 Å². The molecule has 0 spiro atoms. The number of aliphatic hydroxyl groups is 1. The summed E-state index contributed by atoms with van der Waals surface area (Å²) >= 11 is 0. The molecule has 2 heterocycles. The van der Waals surface area contributed by atoms with Gasteiger partial charge in [0.2, 0.25) is 0 Å². The molecule has 5 heteroatoms. The quantitative estimate of drug-likeness (QED) is 0.201. The van der Waals surface area contributed by atoms with Crippen LogP contribution in [0.5, 0.6) is 11.5 Å². The van der Waals surface area contributed by atoms with Gasteiger partial charge in [0.15, 0.2) is 0 Å². The molecular formula is C38H34N2O3. The van der Waals surface area contributed by atoms with Crippen molar-refractivity contribution < 1.29 is 14.6 Å². The number of ether oxygens (including phenoxy) is 2. The van der Waals surface area contributed by atoms with Crippen LogP contribution in [0.3, 0.4) is 0 Å². The average molecular weight is 567 g/mol. The number of pyridine rings is 2. The van der Waals surface area contributed by atoms with Crippen molar-refractivity contribution in [3.05, 3.63) is 144 Å². The molecule has 214 valence electrons. The van der Waals surface area contributed by atoms with Crippen LogP contribution in [0.2, 0.25) is 0 Å². The van der Waals surface area contributed by atoms with Gasteiger partial charge in [-0.25, -0.2) is 9.97 Å². The maximum absolute atomic E-state index is 10.4. The Morgan fingerprint density at radius 3 is 1.47 bits per heavy atom. The Morgan fingerprint density at radius 1 is 0.558 bits per heavy atom. The van der Waals surface area contributed by atoms with Gasteiger partial charge in [-0.3, -0.25) is 0 Å². The van der Waals surface area contributed by atoms with E-state index in [0.717, 1.165) is 70.4 Å². The summed E-state index contributed by atoms with van der Waals surface area (Å²) < 4.78 is 12.2. The van der Waals surface area contributed by atoms with Crippen molar-refractivity contribution in [2.45, 2.75) is 50.4 Å². The molecule has 0 amide bonds. The molecule has 0 radical (unpaired) electrons. The van der Waals surface area contributed by atoms with Gasteiger partial charge in [-0.1, -0.05) is 72.8 Å². The summed E-state index contributed by atoms with van der Waals surface area (Å²) in [4.78, 5) is 9.45. The third kappa shape index (κ3) is 5.81. The van der Waals surface area contributed by atoms with E-state index in [4.69, 9.17) is 19.4 Å². The van der Waals surface area contributed by atoms with Gasteiger partial charge in [-0.15, -0.1) is 0 Å². The first-order valence-corrected chi connectivity index (χ1v) is 15.0. The largest absolute Gasteiger partial charge is 0.487 e. The first-order chi connectivity index (χ1) is 21.1. The summed E-state index contributed by atoms with van der Waals surface area (Å²) in [5.41, 5.74) is 6.06. The maximum atomic E-state index is 10.4. The lowest BCUT2D eigenvalue weighted by atomic mass is 9.65. The van der Waals surface area contributed by atoms with Crippen molar-refractivity contribution in [2.24, 2.45) is 0 Å². The number of benzene rings is 4. The van der Waals surface area contributed by atoms with Crippen molar-refractivity contribution in [3.8, 4) is 11.5 Å². The standard InChI is InChI=1S/C38H34N2O3/c41-33-21-23-38(24-22-33,29-11-17-34(18-12-29)42-25-31-15-9-27-5-1-3-7-36(27)39-31)30-13-19-35(20-14-30)43-26-32-16-10-28-6-2-4-8-37(28)40-32/h1-20,33,41H,21-26H2. The summed E-state index contributed by atoms with van der Waals surface area (Å²) in [6.45, 7) is 0.829. The molecule has 7 rings (SSSR count). The molecule has 1 aliphatic carbocycles. The Balaban J connectivity index is 1.06. The second kappa shape index (κ2) is 11.9. The van der Waals surface area contributed by atoms with Crippen molar-refractivity contribution >= 4 is 21.8 Å². The molecule has 0 saturated heterocycles. The molecule has 1 N–H and O–H groups in total. The summed E-state index contributed by atoms with van der Waals surface area (Å²) in [6, 6.07) is 41.4. The van der Waals surface area contributed by atoms with Gasteiger partial charge in [-0.2, -0.15) is 0 Å². The highest BCUT2D eigenvalue weighted by Gasteiger charge is 2.38. The molecule has 1 fully saturated rings. The normalized spacial score (nSPS) is 15.0. The van der Waals surface area contributed by atoms with Crippen LogP contribution in [0.15, 0.2) is 121 Å². The summed E-state index contributed by atoms with van der Waals surface area (Å²) in [6.07, 6.45) is 3.07. The zero-order valence-corrected chi connectivity index (χ0v) is 24.0. The first kappa shape index (κ1) is 27.1. The van der Waals surface area contributed by atoms with E-state index >= 15 is 0 Å². The topological polar surface area (TPSA) is 64.5 Å². The van der Waals surface area contributed by atoms with Gasteiger partial charge in [0.1, 0.15) is 24.7 Å². The predicted molar refractivity (Wildman–Crippen MR) is 170 cm³/mol. The number of nitrogens with zero attached hydrogens (tertiary/aromatic N) is 2. The van der Waals surface area contributed by atoms with Crippen LogP contribution >= 0.6 is 0 Å². The lowest BCUT2D eigenvalue weighted by Gasteiger charge is -2.40. The molecule has 6 aromatic rings. The molecule has 1 saturated carbocycles. The highest BCUT2D eigenvalue weighted by atomic mass is 16.5. The van der Waals surface area contributed by atoms with E-state index in [-0.39, 0.29) is 11.5 Å². The van der Waals surface area contributed by atoms with E-state index in [1.807, 2.05) is 48.5 Å². The lowest BCUT2D eigenvalue weighted by Crippen LogP contribution is -2.34. The molecule has 0 bridgehead atoms. The van der Waals surface area contributed by atoms with E-state index in [9.17, 15) is 5.11 Å². The zero-order valence-electron chi connectivity index (χ0n) is 24.0. The van der Waals surface area contributed by atoms with Gasteiger partial charge in [-0.05, 0) is 85.3 Å². The number of hydrogen-bond acceptors (Lipinski definition) is 5. The van der Waals surface area contributed by atoms with Crippen LogP contribution in [0.4, 0.5) is 0 Å². The van der Waals surface area contributed by atoms with Crippen LogP contribution in [0.25, 0.3) is 21.8 Å². The highest BCUT2D eigenvalue weighted by Crippen LogP contribution is 2.45. The van der Waals surface area contributed by atoms with Gasteiger partial charge in [0.25, 0.3) is 0 Å². The predicted octanol–water partition coefficient (Wildman–Crippen LogP) is 8.16. The van der Waals surface area contributed by atoms with Crippen LogP contribution in [-0.4, -0.2) is 21.2 Å². The zero-order chi connectivity index (χ0) is 29.1. The summed E-state index contributed by atoms with van der Waals surface area (Å²) in [7, 11) is 0. The van der Waals surface area contributed by atoms with Crippen molar-refractivity contribution in [1.29, 1.82) is 0 Å². The summed E-state index contributed by atoms with van der Waals surface area (Å²) in [5.74, 6) is 1.63. The van der Waals surface area contributed by atoms with E-state index < -0.39 is 0 Å². The molecule has 2 aromatic heterocycles. The van der Waals surface area contributed by atoms with E-state index in [1.54, 1.807) is 0 Å². The molecule has 4 aromatic carbocycles. The molecular weight excluding hydrogens is 532 g/mol. The molecule has 0 unspecified atom stereocenters. The second-order valence-electron chi connectivity index (χ2n) is 11.4. The SMILES string of the molecule is OC1CCC(c2ccc(OCc3ccc4ccccc4n3)cc2)(c2ccc(OCc3ccc4ccccc4n3)cc2)CC1. The van der Waals surface area contributed by atoms with Crippen molar-refractivity contribution in [2.75, 3.05) is 0 Å². The van der Waals surface area contributed by atoms with E-state index in [2.05, 4.69) is 72.8 Å². The van der Waals surface area contributed by atoms with E-state index in [1.165, 1.54) is 11.1 Å². The van der Waals surface area contributed by atoms with Gasteiger partial charge in [0, 0.05) is 16.2 Å². The Kier molecular flexibility index (Phi) is 7.48. The summed E-state index contributed by atoms with van der Waals surface area (Å²) in [5, 5.41) is 12.6. The fourth-order valence-electron chi connectivity index (χ4n) is 6.27. The Morgan fingerprint density at radius 2 is 1.00 bits per heavy atom. The lowest BCUT2D eigenvalue weighted by molar-refractivity contribution is 0.106. The van der Waals surface area contributed by atoms with Crippen molar-refractivity contribution in [3.63, 3.8) is 0 Å². The van der Waals surface area contributed by atoms with Crippen LogP contribution in [0, 0.1) is 0 Å². The number of hydrogen-bond donors (Lipinski definition) is 1. The Labute approximate surface area is 251 Å². The molecule has 43 heavy (non-hydrogen) atoms. The Bertz CT molecular complexity index is 1710. The van der Waals surface area contributed by atoms with Gasteiger partial charge in [0.05, 0.1) is 28.5 Å². The monoisotopic (exact) mass is 566 g/mol. The average Bonchev–Trinajstić information content (AvgIpc) is 3.07. The number of aromatic nitrogens is 2. The smallest absolute Gasteiger partial charge is 0.130 e. The first-order valence-electron chi connectivity index (χ1n) is 15.0. The van der Waals surface area contributed by atoms with Crippen LogP contribution in [-0.2, 0) is 18.6 Å². The molecule has 0 aliphatic heterocycles. The third-order valence-corrected chi connectivity index (χ3v) is 8.71. The fourth-order valence-corrected chi connectivity index (χ4v) is 6.27. The van der Waals surface area contributed by atoms with Gasteiger partial charge >= 0.3 is 0 Å². The number of aliphatic hydroxyl groups excluding tert-OH is 1. The maximum Gasteiger partial charge on any atom is 0.130 e. The molecule has 0 atom stereocenters. The minimum atomic E-state index is -0.248. The van der Waals surface area contributed by atoms with Gasteiger partial charge < -0.3 is 14.6 Å². The number of fused-ring (bicyclic) bond motifs is 2. The molecule has 1 aliphatic rings. The van der Waals surface area contributed by atoms with Crippen molar-refractivity contribution in [1.82, 2.24) is 9.97 Å².